The van der Waals surface area contributed by atoms with Crippen LogP contribution in [0.3, 0.4) is 0 Å². The van der Waals surface area contributed by atoms with Crippen molar-refractivity contribution in [2.75, 3.05) is 4.90 Å². The third-order valence-corrected chi connectivity index (χ3v) is 5.06. The second-order valence-electron chi connectivity index (χ2n) is 6.06. The lowest BCUT2D eigenvalue weighted by Crippen LogP contribution is -2.69. The number of nitrogens with zero attached hydrogens (tertiary/aromatic N) is 1. The Kier molecular flexibility index (Phi) is 3.44. The summed E-state index contributed by atoms with van der Waals surface area (Å²) in [4.78, 5) is 26.9. The number of amides is 2. The number of benzene rings is 1. The molecule has 1 atom stereocenters. The van der Waals surface area contributed by atoms with Gasteiger partial charge in [0.25, 0.3) is 5.91 Å². The van der Waals surface area contributed by atoms with E-state index in [1.165, 1.54) is 0 Å². The molecular formula is C16H19ClN2O2. The highest BCUT2D eigenvalue weighted by molar-refractivity contribution is 6.31. The summed E-state index contributed by atoms with van der Waals surface area (Å²) in [6.07, 6.45) is 3.40. The Bertz CT molecular complexity index is 608. The van der Waals surface area contributed by atoms with Gasteiger partial charge in [-0.05, 0) is 44.4 Å². The molecule has 1 aliphatic heterocycles. The predicted molar refractivity (Wildman–Crippen MR) is 82.5 cm³/mol. The van der Waals surface area contributed by atoms with E-state index in [9.17, 15) is 9.59 Å². The van der Waals surface area contributed by atoms with E-state index in [-0.39, 0.29) is 11.8 Å². The van der Waals surface area contributed by atoms with Crippen LogP contribution in [0.2, 0.25) is 5.02 Å². The van der Waals surface area contributed by atoms with Crippen molar-refractivity contribution in [1.82, 2.24) is 5.32 Å². The molecule has 3 rings (SSSR count). The highest BCUT2D eigenvalue weighted by atomic mass is 35.5. The fourth-order valence-corrected chi connectivity index (χ4v) is 3.48. The highest BCUT2D eigenvalue weighted by Crippen LogP contribution is 2.37. The van der Waals surface area contributed by atoms with Crippen molar-refractivity contribution in [2.24, 2.45) is 0 Å². The van der Waals surface area contributed by atoms with E-state index in [4.69, 9.17) is 11.6 Å². The normalized spacial score (nSPS) is 24.5. The van der Waals surface area contributed by atoms with E-state index in [0.717, 1.165) is 31.2 Å². The van der Waals surface area contributed by atoms with Gasteiger partial charge < -0.3 is 5.32 Å². The first-order valence-corrected chi connectivity index (χ1v) is 7.74. The van der Waals surface area contributed by atoms with Crippen molar-refractivity contribution in [1.29, 1.82) is 0 Å². The minimum absolute atomic E-state index is 0.00739. The molecule has 1 aromatic carbocycles. The van der Waals surface area contributed by atoms with Crippen LogP contribution in [0.4, 0.5) is 5.69 Å². The van der Waals surface area contributed by atoms with Crippen LogP contribution in [0, 0.1) is 6.92 Å². The average molecular weight is 307 g/mol. The smallest absolute Gasteiger partial charge is 0.253 e. The van der Waals surface area contributed by atoms with E-state index in [0.29, 0.717) is 10.7 Å². The number of rotatable bonds is 1. The fraction of sp³-hybridized carbons (Fsp3) is 0.500. The molecule has 1 saturated heterocycles. The third kappa shape index (κ3) is 2.22. The van der Waals surface area contributed by atoms with E-state index in [1.54, 1.807) is 17.9 Å². The molecule has 2 aliphatic rings. The molecule has 1 aliphatic carbocycles. The van der Waals surface area contributed by atoms with Crippen LogP contribution >= 0.6 is 11.6 Å². The summed E-state index contributed by atoms with van der Waals surface area (Å²) in [5.74, 6) is -0.0970. The Labute approximate surface area is 129 Å². The van der Waals surface area contributed by atoms with Crippen LogP contribution < -0.4 is 10.2 Å². The van der Waals surface area contributed by atoms with Gasteiger partial charge in [0.2, 0.25) is 5.91 Å². The minimum atomic E-state index is -0.707. The van der Waals surface area contributed by atoms with Crippen molar-refractivity contribution >= 4 is 29.1 Å². The van der Waals surface area contributed by atoms with E-state index >= 15 is 0 Å². The maximum atomic E-state index is 13.0. The van der Waals surface area contributed by atoms with Crippen molar-refractivity contribution in [2.45, 2.75) is 51.1 Å². The van der Waals surface area contributed by atoms with E-state index in [2.05, 4.69) is 5.32 Å². The maximum Gasteiger partial charge on any atom is 0.253 e. The number of halogens is 1. The zero-order chi connectivity index (χ0) is 15.2. The lowest BCUT2D eigenvalue weighted by molar-refractivity contribution is -0.137. The zero-order valence-corrected chi connectivity index (χ0v) is 13.0. The summed E-state index contributed by atoms with van der Waals surface area (Å²) in [5.41, 5.74) is 0.947. The summed E-state index contributed by atoms with van der Waals surface area (Å²) in [6, 6.07) is 5.00. The van der Waals surface area contributed by atoms with Gasteiger partial charge >= 0.3 is 0 Å². The molecular weight excluding hydrogens is 288 g/mol. The number of nitrogens with one attached hydrogen (secondary N) is 1. The summed E-state index contributed by atoms with van der Waals surface area (Å²) < 4.78 is 0. The maximum absolute atomic E-state index is 13.0. The van der Waals surface area contributed by atoms with Gasteiger partial charge in [-0.25, -0.2) is 0 Å². The quantitative estimate of drug-likeness (QED) is 0.867. The highest BCUT2D eigenvalue weighted by Gasteiger charge is 2.51. The first-order valence-electron chi connectivity index (χ1n) is 7.36. The first-order chi connectivity index (χ1) is 9.94. The van der Waals surface area contributed by atoms with Gasteiger partial charge in [-0.15, -0.1) is 0 Å². The molecule has 5 heteroatoms. The van der Waals surface area contributed by atoms with Crippen molar-refractivity contribution in [3.63, 3.8) is 0 Å². The van der Waals surface area contributed by atoms with Crippen LogP contribution in [0.5, 0.6) is 0 Å². The third-order valence-electron chi connectivity index (χ3n) is 4.65. The van der Waals surface area contributed by atoms with Crippen LogP contribution in [-0.4, -0.2) is 23.4 Å². The number of anilines is 1. The van der Waals surface area contributed by atoms with Gasteiger partial charge in [-0.2, -0.15) is 0 Å². The fourth-order valence-electron chi connectivity index (χ4n) is 3.31. The van der Waals surface area contributed by atoms with Gasteiger partial charge in [0.15, 0.2) is 0 Å². The Morgan fingerprint density at radius 2 is 1.95 bits per heavy atom. The standard InChI is InChI=1S/C16H19ClN2O2/c1-10-5-6-12(9-13(10)17)19-11(2)14(20)18-16(15(19)21)7-3-4-8-16/h5-6,9,11H,3-4,7-8H2,1-2H3,(H,18,20). The second kappa shape index (κ2) is 5.02. The molecule has 4 nitrogen and oxygen atoms in total. The average Bonchev–Trinajstić information content (AvgIpc) is 2.90. The molecule has 112 valence electrons. The van der Waals surface area contributed by atoms with Crippen LogP contribution in [0.1, 0.15) is 38.2 Å². The van der Waals surface area contributed by atoms with E-state index in [1.807, 2.05) is 19.1 Å². The number of carbonyl (C=O) groups is 2. The molecule has 0 radical (unpaired) electrons. The summed E-state index contributed by atoms with van der Waals surface area (Å²) in [5, 5.41) is 3.56. The van der Waals surface area contributed by atoms with Crippen LogP contribution in [0.25, 0.3) is 0 Å². The largest absolute Gasteiger partial charge is 0.340 e. The lowest BCUT2D eigenvalue weighted by atomic mass is 9.90. The van der Waals surface area contributed by atoms with Gasteiger partial charge in [0.05, 0.1) is 0 Å². The Hall–Kier alpha value is -1.55. The molecule has 0 aromatic heterocycles. The molecule has 0 bridgehead atoms. The molecule has 1 N–H and O–H groups in total. The van der Waals surface area contributed by atoms with Crippen molar-refractivity contribution in [3.05, 3.63) is 28.8 Å². The summed E-state index contributed by atoms with van der Waals surface area (Å²) >= 11 is 6.18. The SMILES string of the molecule is Cc1ccc(N2C(=O)C3(CCCC3)NC(=O)C2C)cc1Cl. The van der Waals surface area contributed by atoms with Crippen molar-refractivity contribution < 1.29 is 9.59 Å². The number of carbonyl (C=O) groups excluding carboxylic acids is 2. The Morgan fingerprint density at radius 3 is 2.57 bits per heavy atom. The molecule has 1 aromatic rings. The van der Waals surface area contributed by atoms with Gasteiger partial charge in [0, 0.05) is 10.7 Å². The first kappa shape index (κ1) is 14.4. The molecule has 1 heterocycles. The monoisotopic (exact) mass is 306 g/mol. The van der Waals surface area contributed by atoms with Gasteiger partial charge in [0.1, 0.15) is 11.6 Å². The number of aryl methyl sites for hydroxylation is 1. The Balaban J connectivity index is 2.03. The Morgan fingerprint density at radius 1 is 1.29 bits per heavy atom. The van der Waals surface area contributed by atoms with Crippen LogP contribution in [0.15, 0.2) is 18.2 Å². The van der Waals surface area contributed by atoms with Gasteiger partial charge in [-0.1, -0.05) is 30.5 Å². The lowest BCUT2D eigenvalue weighted by Gasteiger charge is -2.43. The number of hydrogen-bond donors (Lipinski definition) is 1. The minimum Gasteiger partial charge on any atom is -0.340 e. The van der Waals surface area contributed by atoms with E-state index < -0.39 is 11.6 Å². The molecule has 1 saturated carbocycles. The topological polar surface area (TPSA) is 49.4 Å². The van der Waals surface area contributed by atoms with Crippen molar-refractivity contribution in [3.8, 4) is 0 Å². The molecule has 2 fully saturated rings. The molecule has 1 unspecified atom stereocenters. The zero-order valence-electron chi connectivity index (χ0n) is 12.3. The number of hydrogen-bond acceptors (Lipinski definition) is 2. The molecule has 1 spiro atoms. The van der Waals surface area contributed by atoms with Crippen LogP contribution in [-0.2, 0) is 9.59 Å². The number of piperazine rings is 1. The summed E-state index contributed by atoms with van der Waals surface area (Å²) in [6.45, 7) is 3.67. The molecule has 2 amide bonds. The van der Waals surface area contributed by atoms with Gasteiger partial charge in [-0.3, -0.25) is 14.5 Å². The summed E-state index contributed by atoms with van der Waals surface area (Å²) in [7, 11) is 0. The predicted octanol–water partition coefficient (Wildman–Crippen LogP) is 2.81. The second-order valence-corrected chi connectivity index (χ2v) is 6.47. The molecule has 21 heavy (non-hydrogen) atoms.